The van der Waals surface area contributed by atoms with E-state index in [-0.39, 0.29) is 11.4 Å². The van der Waals surface area contributed by atoms with E-state index >= 15 is 0 Å². The summed E-state index contributed by atoms with van der Waals surface area (Å²) in [6.07, 6.45) is 0. The normalized spacial score (nSPS) is 11.3. The Bertz CT molecular complexity index is 1080. The van der Waals surface area contributed by atoms with E-state index in [4.69, 9.17) is 14.7 Å². The van der Waals surface area contributed by atoms with E-state index in [1.165, 1.54) is 38.4 Å². The lowest BCUT2D eigenvalue weighted by Crippen LogP contribution is -2.35. The maximum atomic E-state index is 12.7. The first kappa shape index (κ1) is 26.1. The van der Waals surface area contributed by atoms with Crippen LogP contribution in [0.25, 0.3) is 0 Å². The Hall–Kier alpha value is -3.13. The molecule has 33 heavy (non-hydrogen) atoms. The van der Waals surface area contributed by atoms with Crippen LogP contribution in [0.1, 0.15) is 19.4 Å². The quantitative estimate of drug-likeness (QED) is 0.503. The molecule has 0 saturated carbocycles. The van der Waals surface area contributed by atoms with E-state index in [1.54, 1.807) is 18.2 Å². The van der Waals surface area contributed by atoms with Gasteiger partial charge in [0.2, 0.25) is 15.9 Å². The third-order valence-electron chi connectivity index (χ3n) is 5.06. The van der Waals surface area contributed by atoms with E-state index in [1.807, 2.05) is 6.07 Å². The minimum atomic E-state index is -3.88. The largest absolute Gasteiger partial charge is 0.493 e. The Morgan fingerprint density at radius 2 is 1.76 bits per heavy atom. The topological polar surface area (TPSA) is 112 Å². The highest BCUT2D eigenvalue weighted by Gasteiger charge is 2.23. The van der Waals surface area contributed by atoms with Gasteiger partial charge in [-0.25, -0.2) is 8.42 Å². The fraction of sp³-hybridized carbons (Fsp3) is 0.391. The SMILES string of the molecule is CCN(CC)CCOc1cc(NC(=O)CN(C)S(=O)(=O)c2ccc(C#N)cc2)ccc1OC. The molecule has 1 amide bonds. The van der Waals surface area contributed by atoms with Gasteiger partial charge in [-0.1, -0.05) is 13.8 Å². The van der Waals surface area contributed by atoms with E-state index in [0.29, 0.717) is 29.4 Å². The molecule has 2 rings (SSSR count). The number of nitrogens with one attached hydrogen (secondary N) is 1. The van der Waals surface area contributed by atoms with Crippen LogP contribution >= 0.6 is 0 Å². The molecular weight excluding hydrogens is 444 g/mol. The number of methoxy groups -OCH3 is 1. The second kappa shape index (κ2) is 12.2. The number of likely N-dealkylation sites (N-methyl/N-ethyl adjacent to an activating group) is 2. The van der Waals surface area contributed by atoms with Crippen LogP contribution in [-0.2, 0) is 14.8 Å². The van der Waals surface area contributed by atoms with Crippen LogP contribution in [0.2, 0.25) is 0 Å². The molecule has 2 aromatic carbocycles. The van der Waals surface area contributed by atoms with Gasteiger partial charge in [-0.15, -0.1) is 0 Å². The van der Waals surface area contributed by atoms with Crippen molar-refractivity contribution in [3.63, 3.8) is 0 Å². The van der Waals surface area contributed by atoms with Gasteiger partial charge >= 0.3 is 0 Å². The Labute approximate surface area is 195 Å². The van der Waals surface area contributed by atoms with Crippen molar-refractivity contribution < 1.29 is 22.7 Å². The molecule has 0 saturated heterocycles. The number of anilines is 1. The number of carbonyl (C=O) groups excluding carboxylic acids is 1. The summed E-state index contributed by atoms with van der Waals surface area (Å²) in [6.45, 7) is 6.84. The number of nitrogens with zero attached hydrogens (tertiary/aromatic N) is 3. The van der Waals surface area contributed by atoms with Gasteiger partial charge in [0.15, 0.2) is 11.5 Å². The van der Waals surface area contributed by atoms with Crippen molar-refractivity contribution in [1.82, 2.24) is 9.21 Å². The molecule has 0 aromatic heterocycles. The fourth-order valence-electron chi connectivity index (χ4n) is 3.06. The van der Waals surface area contributed by atoms with Crippen LogP contribution in [0.15, 0.2) is 47.4 Å². The third kappa shape index (κ3) is 7.18. The molecule has 9 nitrogen and oxygen atoms in total. The van der Waals surface area contributed by atoms with Crippen LogP contribution in [0.4, 0.5) is 5.69 Å². The number of ether oxygens (including phenoxy) is 2. The summed E-state index contributed by atoms with van der Waals surface area (Å²) in [5, 5.41) is 11.6. The second-order valence-corrected chi connectivity index (χ2v) is 9.23. The minimum absolute atomic E-state index is 0.00476. The van der Waals surface area contributed by atoms with Crippen molar-refractivity contribution >= 4 is 21.6 Å². The smallest absolute Gasteiger partial charge is 0.243 e. The molecule has 0 radical (unpaired) electrons. The Morgan fingerprint density at radius 1 is 1.09 bits per heavy atom. The lowest BCUT2D eigenvalue weighted by Gasteiger charge is -2.19. The van der Waals surface area contributed by atoms with Gasteiger partial charge in [0.05, 0.1) is 30.2 Å². The van der Waals surface area contributed by atoms with Gasteiger partial charge in [-0.3, -0.25) is 4.79 Å². The van der Waals surface area contributed by atoms with Crippen molar-refractivity contribution in [1.29, 1.82) is 5.26 Å². The number of nitriles is 1. The third-order valence-corrected chi connectivity index (χ3v) is 6.88. The van der Waals surface area contributed by atoms with Gasteiger partial charge in [0, 0.05) is 25.3 Å². The van der Waals surface area contributed by atoms with E-state index in [9.17, 15) is 13.2 Å². The molecule has 10 heteroatoms. The predicted molar refractivity (Wildman–Crippen MR) is 126 cm³/mol. The molecule has 0 fully saturated rings. The number of carbonyl (C=O) groups is 1. The second-order valence-electron chi connectivity index (χ2n) is 7.19. The zero-order valence-corrected chi connectivity index (χ0v) is 20.2. The summed E-state index contributed by atoms with van der Waals surface area (Å²) in [5.74, 6) is 0.517. The van der Waals surface area contributed by atoms with Crippen LogP contribution in [0.3, 0.4) is 0 Å². The number of benzene rings is 2. The molecule has 0 aliphatic carbocycles. The van der Waals surface area contributed by atoms with Crippen molar-refractivity contribution in [2.45, 2.75) is 18.7 Å². The summed E-state index contributed by atoms with van der Waals surface area (Å²) in [4.78, 5) is 14.7. The molecule has 0 unspecified atom stereocenters. The first-order valence-electron chi connectivity index (χ1n) is 10.5. The van der Waals surface area contributed by atoms with E-state index < -0.39 is 15.9 Å². The Morgan fingerprint density at radius 3 is 2.33 bits per heavy atom. The van der Waals surface area contributed by atoms with Crippen molar-refractivity contribution in [3.8, 4) is 17.6 Å². The molecule has 0 spiro atoms. The van der Waals surface area contributed by atoms with Gasteiger partial charge in [-0.2, -0.15) is 9.57 Å². The predicted octanol–water partition coefficient (Wildman–Crippen LogP) is 2.55. The number of sulfonamides is 1. The van der Waals surface area contributed by atoms with Gasteiger partial charge < -0.3 is 19.7 Å². The number of amides is 1. The summed E-state index contributed by atoms with van der Waals surface area (Å²) in [6, 6.07) is 12.4. The average molecular weight is 475 g/mol. The zero-order chi connectivity index (χ0) is 24.4. The molecule has 0 bridgehead atoms. The molecule has 0 heterocycles. The average Bonchev–Trinajstić information content (AvgIpc) is 2.82. The Balaban J connectivity index is 2.04. The van der Waals surface area contributed by atoms with E-state index in [0.717, 1.165) is 23.9 Å². The van der Waals surface area contributed by atoms with Crippen LogP contribution < -0.4 is 14.8 Å². The van der Waals surface area contributed by atoms with E-state index in [2.05, 4.69) is 24.1 Å². The highest BCUT2D eigenvalue weighted by atomic mass is 32.2. The molecule has 0 aliphatic rings. The molecule has 0 aliphatic heterocycles. The zero-order valence-electron chi connectivity index (χ0n) is 19.4. The first-order chi connectivity index (χ1) is 15.7. The standard InChI is InChI=1S/C23H30N4O5S/c1-5-27(6-2)13-14-32-22-15-19(9-12-21(22)31-4)25-23(28)17-26(3)33(29,30)20-10-7-18(16-24)8-11-20/h7-12,15H,5-6,13-14,17H2,1-4H3,(H,25,28). The minimum Gasteiger partial charge on any atom is -0.493 e. The van der Waals surface area contributed by atoms with Crippen LogP contribution in [0.5, 0.6) is 11.5 Å². The highest BCUT2D eigenvalue weighted by molar-refractivity contribution is 7.89. The molecule has 0 atom stereocenters. The maximum absolute atomic E-state index is 12.7. The summed E-state index contributed by atoms with van der Waals surface area (Å²) >= 11 is 0. The molecule has 1 N–H and O–H groups in total. The molecule has 2 aromatic rings. The van der Waals surface area contributed by atoms with Gasteiger partial charge in [0.1, 0.15) is 6.61 Å². The first-order valence-corrected chi connectivity index (χ1v) is 12.0. The summed E-state index contributed by atoms with van der Waals surface area (Å²) in [5.41, 5.74) is 0.812. The maximum Gasteiger partial charge on any atom is 0.243 e. The summed E-state index contributed by atoms with van der Waals surface area (Å²) in [7, 11) is -1.02. The number of hydrogen-bond acceptors (Lipinski definition) is 7. The van der Waals surface area contributed by atoms with Crippen molar-refractivity contribution in [2.75, 3.05) is 52.3 Å². The van der Waals surface area contributed by atoms with Crippen molar-refractivity contribution in [2.24, 2.45) is 0 Å². The van der Waals surface area contributed by atoms with Gasteiger partial charge in [-0.05, 0) is 49.5 Å². The number of hydrogen-bond donors (Lipinski definition) is 1. The summed E-state index contributed by atoms with van der Waals surface area (Å²) < 4.78 is 37.5. The fourth-order valence-corrected chi connectivity index (χ4v) is 4.19. The van der Waals surface area contributed by atoms with Gasteiger partial charge in [0.25, 0.3) is 0 Å². The van der Waals surface area contributed by atoms with Crippen LogP contribution in [0, 0.1) is 11.3 Å². The molecule has 178 valence electrons. The number of rotatable bonds is 12. The monoisotopic (exact) mass is 474 g/mol. The lowest BCUT2D eigenvalue weighted by atomic mass is 10.2. The lowest BCUT2D eigenvalue weighted by molar-refractivity contribution is -0.116. The highest BCUT2D eigenvalue weighted by Crippen LogP contribution is 2.30. The van der Waals surface area contributed by atoms with Crippen LogP contribution in [-0.4, -0.2) is 70.5 Å². The van der Waals surface area contributed by atoms with Crippen molar-refractivity contribution in [3.05, 3.63) is 48.0 Å². The molecular formula is C23H30N4O5S. The Kier molecular flexibility index (Phi) is 9.66.